The van der Waals surface area contributed by atoms with Crippen molar-refractivity contribution in [3.63, 3.8) is 0 Å². The summed E-state index contributed by atoms with van der Waals surface area (Å²) in [5.41, 5.74) is 0.143. The van der Waals surface area contributed by atoms with Crippen molar-refractivity contribution in [1.82, 2.24) is 15.2 Å². The number of likely N-dealkylation sites (N-methyl/N-ethyl adjacent to an activating group) is 1. The van der Waals surface area contributed by atoms with Crippen molar-refractivity contribution in [3.8, 4) is 6.07 Å². The zero-order valence-electron chi connectivity index (χ0n) is 13.5. The van der Waals surface area contributed by atoms with Crippen LogP contribution in [0.4, 0.5) is 0 Å². The fraction of sp³-hybridized carbons (Fsp3) is 0.500. The smallest absolute Gasteiger partial charge is 0.273 e. The summed E-state index contributed by atoms with van der Waals surface area (Å²) in [4.78, 5) is 31.0. The number of methoxy groups -OCH3 is 1. The van der Waals surface area contributed by atoms with Gasteiger partial charge in [-0.1, -0.05) is 0 Å². The first-order valence-corrected chi connectivity index (χ1v) is 7.41. The maximum absolute atomic E-state index is 12.9. The normalized spacial score (nSPS) is 20.2. The van der Waals surface area contributed by atoms with E-state index in [4.69, 9.17) is 10.00 Å². The summed E-state index contributed by atoms with van der Waals surface area (Å²) in [5.74, 6) is -0.564. The number of likely N-dealkylation sites (tertiary alicyclic amines) is 1. The number of pyridine rings is 1. The molecule has 0 bridgehead atoms. The molecule has 0 aromatic carbocycles. The first kappa shape index (κ1) is 16.9. The van der Waals surface area contributed by atoms with Gasteiger partial charge in [0.15, 0.2) is 0 Å². The molecule has 0 spiro atoms. The third-order valence-corrected chi connectivity index (χ3v) is 4.19. The van der Waals surface area contributed by atoms with Crippen LogP contribution in [0.1, 0.15) is 34.6 Å². The fourth-order valence-corrected chi connectivity index (χ4v) is 3.03. The van der Waals surface area contributed by atoms with Gasteiger partial charge in [-0.05, 0) is 31.9 Å². The molecule has 0 radical (unpaired) electrons. The zero-order chi connectivity index (χ0) is 17.0. The summed E-state index contributed by atoms with van der Waals surface area (Å²) in [7, 11) is 3.06. The lowest BCUT2D eigenvalue weighted by Gasteiger charge is -2.36. The van der Waals surface area contributed by atoms with Crippen LogP contribution in [0.2, 0.25) is 0 Å². The number of carbonyl (C=O) groups excluding carboxylic acids is 2. The van der Waals surface area contributed by atoms with Gasteiger partial charge in [-0.25, -0.2) is 4.98 Å². The van der Waals surface area contributed by atoms with E-state index in [1.807, 2.05) is 6.07 Å². The van der Waals surface area contributed by atoms with Gasteiger partial charge in [0.2, 0.25) is 5.91 Å². The third kappa shape index (κ3) is 2.90. The van der Waals surface area contributed by atoms with E-state index in [2.05, 4.69) is 10.3 Å². The van der Waals surface area contributed by atoms with E-state index in [0.717, 1.165) is 6.42 Å². The Balaban J connectivity index is 2.38. The predicted molar refractivity (Wildman–Crippen MR) is 82.6 cm³/mol. The molecule has 122 valence electrons. The topological polar surface area (TPSA) is 95.3 Å². The lowest BCUT2D eigenvalue weighted by atomic mass is 9.95. The molecule has 1 aliphatic rings. The van der Waals surface area contributed by atoms with E-state index >= 15 is 0 Å². The number of nitrogens with zero attached hydrogens (tertiary/aromatic N) is 3. The van der Waals surface area contributed by atoms with E-state index in [0.29, 0.717) is 24.2 Å². The van der Waals surface area contributed by atoms with Gasteiger partial charge in [-0.2, -0.15) is 5.26 Å². The number of ether oxygens (including phenoxy) is 1. The second-order valence-electron chi connectivity index (χ2n) is 5.55. The van der Waals surface area contributed by atoms with Gasteiger partial charge in [0.1, 0.15) is 17.3 Å². The maximum atomic E-state index is 12.9. The van der Waals surface area contributed by atoms with Crippen molar-refractivity contribution >= 4 is 11.8 Å². The predicted octanol–water partition coefficient (Wildman–Crippen LogP) is 0.629. The number of nitriles is 1. The second kappa shape index (κ2) is 6.75. The molecule has 0 aliphatic carbocycles. The van der Waals surface area contributed by atoms with Gasteiger partial charge in [0.25, 0.3) is 5.91 Å². The van der Waals surface area contributed by atoms with Crippen LogP contribution in [-0.2, 0) is 9.53 Å². The highest BCUT2D eigenvalue weighted by atomic mass is 16.5. The first-order chi connectivity index (χ1) is 11.0. The van der Waals surface area contributed by atoms with Crippen LogP contribution in [0.5, 0.6) is 0 Å². The molecule has 7 heteroatoms. The maximum Gasteiger partial charge on any atom is 0.273 e. The molecule has 1 unspecified atom stereocenters. The van der Waals surface area contributed by atoms with Crippen molar-refractivity contribution in [1.29, 1.82) is 5.26 Å². The van der Waals surface area contributed by atoms with Crippen LogP contribution in [0.15, 0.2) is 12.1 Å². The molecule has 7 nitrogen and oxygen atoms in total. The van der Waals surface area contributed by atoms with Crippen molar-refractivity contribution in [2.24, 2.45) is 0 Å². The van der Waals surface area contributed by atoms with Gasteiger partial charge in [-0.3, -0.25) is 9.59 Å². The summed E-state index contributed by atoms with van der Waals surface area (Å²) < 4.78 is 5.21. The summed E-state index contributed by atoms with van der Waals surface area (Å²) in [6, 6.07) is 5.12. The third-order valence-electron chi connectivity index (χ3n) is 4.19. The van der Waals surface area contributed by atoms with E-state index < -0.39 is 5.54 Å². The summed E-state index contributed by atoms with van der Waals surface area (Å²) in [5, 5.41) is 11.6. The molecule has 1 aromatic rings. The Kier molecular flexibility index (Phi) is 4.96. The highest BCUT2D eigenvalue weighted by Gasteiger charge is 2.49. The number of hydrogen-bond donors (Lipinski definition) is 1. The summed E-state index contributed by atoms with van der Waals surface area (Å²) in [6.07, 6.45) is 1.26. The Morgan fingerprint density at radius 2 is 2.26 bits per heavy atom. The Labute approximate surface area is 135 Å². The molecule has 1 aromatic heterocycles. The quantitative estimate of drug-likeness (QED) is 0.879. The number of carbonyl (C=O) groups is 2. The van der Waals surface area contributed by atoms with Crippen molar-refractivity contribution in [3.05, 3.63) is 29.1 Å². The number of hydrogen-bond acceptors (Lipinski definition) is 5. The molecule has 1 saturated heterocycles. The number of aromatic nitrogens is 1. The van der Waals surface area contributed by atoms with Gasteiger partial charge >= 0.3 is 0 Å². The molecular weight excluding hydrogens is 296 g/mol. The number of amides is 2. The molecule has 2 amide bonds. The minimum absolute atomic E-state index is 0.133. The Bertz CT molecular complexity index is 668. The van der Waals surface area contributed by atoms with E-state index in [1.54, 1.807) is 20.0 Å². The zero-order valence-corrected chi connectivity index (χ0v) is 13.5. The number of rotatable bonds is 4. The molecule has 0 saturated carbocycles. The lowest BCUT2D eigenvalue weighted by Crippen LogP contribution is -2.59. The van der Waals surface area contributed by atoms with Crippen LogP contribution in [-0.4, -0.2) is 54.5 Å². The second-order valence-corrected chi connectivity index (χ2v) is 5.55. The van der Waals surface area contributed by atoms with Crippen molar-refractivity contribution in [2.45, 2.75) is 25.3 Å². The van der Waals surface area contributed by atoms with Crippen LogP contribution in [0.3, 0.4) is 0 Å². The Hall–Kier alpha value is -2.46. The lowest BCUT2D eigenvalue weighted by molar-refractivity contribution is -0.133. The fourth-order valence-electron chi connectivity index (χ4n) is 3.03. The van der Waals surface area contributed by atoms with Crippen molar-refractivity contribution < 1.29 is 14.3 Å². The van der Waals surface area contributed by atoms with Crippen LogP contribution >= 0.6 is 0 Å². The minimum Gasteiger partial charge on any atom is -0.382 e. The molecule has 1 N–H and O–H groups in total. The highest BCUT2D eigenvalue weighted by molar-refractivity contribution is 5.98. The van der Waals surface area contributed by atoms with Crippen LogP contribution in [0.25, 0.3) is 0 Å². The minimum atomic E-state index is -1.01. The molecule has 2 heterocycles. The average molecular weight is 316 g/mol. The molecule has 1 aliphatic heterocycles. The largest absolute Gasteiger partial charge is 0.382 e. The number of aryl methyl sites for hydroxylation is 1. The van der Waals surface area contributed by atoms with Crippen molar-refractivity contribution in [2.75, 3.05) is 27.3 Å². The standard InChI is InChI=1S/C16H20N4O3/c1-11-12(9-17)5-6-13(19-11)14(21)20-8-4-7-16(20,10-23-3)15(22)18-2/h5-6H,4,7-8,10H2,1-3H3,(H,18,22). The monoisotopic (exact) mass is 316 g/mol. The van der Waals surface area contributed by atoms with Gasteiger partial charge < -0.3 is 15.0 Å². The van der Waals surface area contributed by atoms with Crippen LogP contribution in [0, 0.1) is 18.3 Å². The number of nitrogens with one attached hydrogen (secondary N) is 1. The molecule has 1 fully saturated rings. The van der Waals surface area contributed by atoms with E-state index in [9.17, 15) is 9.59 Å². The Morgan fingerprint density at radius 3 is 2.83 bits per heavy atom. The summed E-state index contributed by atoms with van der Waals surface area (Å²) >= 11 is 0. The molecular formula is C16H20N4O3. The highest BCUT2D eigenvalue weighted by Crippen LogP contribution is 2.31. The molecule has 2 rings (SSSR count). The SMILES string of the molecule is CNC(=O)C1(COC)CCCN1C(=O)c1ccc(C#N)c(C)n1. The van der Waals surface area contributed by atoms with Gasteiger partial charge in [0.05, 0.1) is 17.9 Å². The first-order valence-electron chi connectivity index (χ1n) is 7.41. The van der Waals surface area contributed by atoms with Gasteiger partial charge in [-0.15, -0.1) is 0 Å². The molecule has 23 heavy (non-hydrogen) atoms. The van der Waals surface area contributed by atoms with Crippen LogP contribution < -0.4 is 5.32 Å². The van der Waals surface area contributed by atoms with Gasteiger partial charge in [0, 0.05) is 20.7 Å². The average Bonchev–Trinajstić information content (AvgIpc) is 2.98. The van der Waals surface area contributed by atoms with E-state index in [1.165, 1.54) is 18.1 Å². The molecule has 1 atom stereocenters. The van der Waals surface area contributed by atoms with E-state index in [-0.39, 0.29) is 24.1 Å². The summed E-state index contributed by atoms with van der Waals surface area (Å²) in [6.45, 7) is 2.28. The Morgan fingerprint density at radius 1 is 1.52 bits per heavy atom.